The third kappa shape index (κ3) is 2.81. The maximum atomic E-state index is 11.1. The maximum Gasteiger partial charge on any atom is 0.296 e. The molecule has 1 aliphatic carbocycles. The van der Waals surface area contributed by atoms with Crippen molar-refractivity contribution in [2.75, 3.05) is 11.9 Å². The molecule has 21 heavy (non-hydrogen) atoms. The molecule has 6 nitrogen and oxygen atoms in total. The summed E-state index contributed by atoms with van der Waals surface area (Å²) in [6.45, 7) is 2.38. The minimum absolute atomic E-state index is 0.0556. The van der Waals surface area contributed by atoms with E-state index in [0.29, 0.717) is 24.0 Å². The van der Waals surface area contributed by atoms with Gasteiger partial charge in [-0.25, -0.2) is 0 Å². The Morgan fingerprint density at radius 2 is 2.14 bits per heavy atom. The number of rotatable bonds is 2. The lowest BCUT2D eigenvalue weighted by molar-refractivity contribution is -0.384. The van der Waals surface area contributed by atoms with Gasteiger partial charge in [0, 0.05) is 6.07 Å². The number of nitro groups is 1. The van der Waals surface area contributed by atoms with E-state index in [2.05, 4.69) is 5.32 Å². The van der Waals surface area contributed by atoms with Crippen LogP contribution < -0.4 is 10.1 Å². The van der Waals surface area contributed by atoms with Crippen molar-refractivity contribution < 1.29 is 14.8 Å². The van der Waals surface area contributed by atoms with Crippen LogP contribution in [0.15, 0.2) is 18.2 Å². The number of ether oxygens (including phenoxy) is 1. The predicted molar refractivity (Wildman–Crippen MR) is 78.6 cm³/mol. The van der Waals surface area contributed by atoms with Crippen molar-refractivity contribution in [3.8, 4) is 5.75 Å². The first-order chi connectivity index (χ1) is 9.96. The van der Waals surface area contributed by atoms with Gasteiger partial charge in [0.1, 0.15) is 12.4 Å². The zero-order valence-corrected chi connectivity index (χ0v) is 12.0. The van der Waals surface area contributed by atoms with Crippen LogP contribution in [-0.4, -0.2) is 28.3 Å². The Balaban J connectivity index is 1.77. The molecule has 0 bridgehead atoms. The van der Waals surface area contributed by atoms with E-state index in [0.717, 1.165) is 25.7 Å². The molecule has 0 spiro atoms. The van der Waals surface area contributed by atoms with Gasteiger partial charge in [-0.15, -0.1) is 0 Å². The molecule has 6 heteroatoms. The van der Waals surface area contributed by atoms with Crippen molar-refractivity contribution in [2.45, 2.75) is 44.2 Å². The van der Waals surface area contributed by atoms with Crippen molar-refractivity contribution >= 4 is 11.4 Å². The summed E-state index contributed by atoms with van der Waals surface area (Å²) in [6.07, 6.45) is 3.34. The molecule has 1 fully saturated rings. The smallest absolute Gasteiger partial charge is 0.296 e. The molecule has 2 N–H and O–H groups in total. The lowest BCUT2D eigenvalue weighted by atomic mass is 9.76. The van der Waals surface area contributed by atoms with Crippen LogP contribution in [-0.2, 0) is 0 Å². The van der Waals surface area contributed by atoms with Crippen LogP contribution >= 0.6 is 0 Å². The normalized spacial score (nSPS) is 31.7. The molecule has 1 atom stereocenters. The molecule has 1 saturated carbocycles. The second kappa shape index (κ2) is 5.18. The molecule has 0 saturated heterocycles. The Kier molecular flexibility index (Phi) is 3.49. The highest BCUT2D eigenvalue weighted by Gasteiger charge is 2.36. The van der Waals surface area contributed by atoms with Crippen LogP contribution in [0.4, 0.5) is 11.4 Å². The molecular formula is C15H20N2O4. The highest BCUT2D eigenvalue weighted by Crippen LogP contribution is 2.41. The average molecular weight is 292 g/mol. The molecule has 0 radical (unpaired) electrons. The quantitative estimate of drug-likeness (QED) is 0.646. The second-order valence-corrected chi connectivity index (χ2v) is 6.30. The number of nitro benzene ring substituents is 1. The van der Waals surface area contributed by atoms with E-state index in [9.17, 15) is 15.2 Å². The summed E-state index contributed by atoms with van der Waals surface area (Å²) >= 11 is 0. The molecule has 0 amide bonds. The lowest BCUT2D eigenvalue weighted by Gasteiger charge is -2.39. The number of hydrogen-bond acceptors (Lipinski definition) is 5. The molecule has 1 aromatic carbocycles. The number of aliphatic hydroxyl groups is 1. The van der Waals surface area contributed by atoms with Crippen LogP contribution in [0.3, 0.4) is 0 Å². The molecule has 0 unspecified atom stereocenters. The summed E-state index contributed by atoms with van der Waals surface area (Å²) in [7, 11) is 0. The van der Waals surface area contributed by atoms with Crippen LogP contribution in [0.5, 0.6) is 5.75 Å². The Hall–Kier alpha value is -1.82. The van der Waals surface area contributed by atoms with Crippen LogP contribution in [0.2, 0.25) is 0 Å². The Bertz CT molecular complexity index is 549. The van der Waals surface area contributed by atoms with Gasteiger partial charge in [0.05, 0.1) is 16.6 Å². The summed E-state index contributed by atoms with van der Waals surface area (Å²) < 4.78 is 5.70. The molecule has 0 aromatic heterocycles. The zero-order valence-electron chi connectivity index (χ0n) is 12.0. The molecule has 1 heterocycles. The van der Waals surface area contributed by atoms with Gasteiger partial charge >= 0.3 is 0 Å². The molecule has 1 aliphatic heterocycles. The fourth-order valence-electron chi connectivity index (χ4n) is 3.26. The van der Waals surface area contributed by atoms with Gasteiger partial charge in [0.15, 0.2) is 5.69 Å². The van der Waals surface area contributed by atoms with Crippen LogP contribution in [0.1, 0.15) is 32.6 Å². The summed E-state index contributed by atoms with van der Waals surface area (Å²) in [6, 6.07) is 4.94. The van der Waals surface area contributed by atoms with Gasteiger partial charge in [0.2, 0.25) is 0 Å². The Morgan fingerprint density at radius 3 is 2.81 bits per heavy atom. The van der Waals surface area contributed by atoms with Crippen LogP contribution in [0, 0.1) is 16.0 Å². The van der Waals surface area contributed by atoms with E-state index in [1.165, 1.54) is 6.07 Å². The number of hydrogen-bond donors (Lipinski definition) is 2. The number of fused-ring (bicyclic) bond motifs is 1. The molecule has 2 aliphatic rings. The molecular weight excluding hydrogens is 272 g/mol. The second-order valence-electron chi connectivity index (χ2n) is 6.30. The SMILES string of the molecule is CC1(O)CCC([C@@H]2COc3cccc([N+](=O)[O-])c3N2)CC1. The number of anilines is 1. The largest absolute Gasteiger partial charge is 0.489 e. The van der Waals surface area contributed by atoms with Gasteiger partial charge in [-0.2, -0.15) is 0 Å². The van der Waals surface area contributed by atoms with E-state index in [1.807, 2.05) is 6.92 Å². The van der Waals surface area contributed by atoms with Crippen molar-refractivity contribution in [1.29, 1.82) is 0 Å². The van der Waals surface area contributed by atoms with E-state index in [-0.39, 0.29) is 16.7 Å². The topological polar surface area (TPSA) is 84.6 Å². The summed E-state index contributed by atoms with van der Waals surface area (Å²) in [4.78, 5) is 10.7. The van der Waals surface area contributed by atoms with Gasteiger partial charge in [-0.1, -0.05) is 6.07 Å². The molecule has 3 rings (SSSR count). The van der Waals surface area contributed by atoms with Gasteiger partial charge in [-0.05, 0) is 44.6 Å². The first kappa shape index (κ1) is 14.1. The first-order valence-corrected chi connectivity index (χ1v) is 7.35. The summed E-state index contributed by atoms with van der Waals surface area (Å²) in [5, 5.41) is 24.4. The van der Waals surface area contributed by atoms with Gasteiger partial charge in [-0.3, -0.25) is 10.1 Å². The number of nitrogens with one attached hydrogen (secondary N) is 1. The third-order valence-corrected chi connectivity index (χ3v) is 4.63. The monoisotopic (exact) mass is 292 g/mol. The average Bonchev–Trinajstić information content (AvgIpc) is 2.46. The maximum absolute atomic E-state index is 11.1. The number of para-hydroxylation sites is 1. The standard InChI is InChI=1S/C15H20N2O4/c1-15(18)7-5-10(6-8-15)11-9-21-13-4-2-3-12(17(19)20)14(13)16-11/h2-4,10-11,16,18H,5-9H2,1H3/t10?,11-,15?/m0/s1. The van der Waals surface area contributed by atoms with Gasteiger partial charge < -0.3 is 15.2 Å². The third-order valence-electron chi connectivity index (χ3n) is 4.63. The predicted octanol–water partition coefficient (Wildman–Crippen LogP) is 2.71. The summed E-state index contributed by atoms with van der Waals surface area (Å²) in [5.74, 6) is 0.918. The summed E-state index contributed by atoms with van der Waals surface area (Å²) in [5.41, 5.74) is -0.0354. The van der Waals surface area contributed by atoms with E-state index < -0.39 is 5.60 Å². The van der Waals surface area contributed by atoms with Gasteiger partial charge in [0.25, 0.3) is 5.69 Å². The van der Waals surface area contributed by atoms with Crippen LogP contribution in [0.25, 0.3) is 0 Å². The number of nitrogens with zero attached hydrogens (tertiary/aromatic N) is 1. The minimum atomic E-state index is -0.573. The number of benzene rings is 1. The first-order valence-electron chi connectivity index (χ1n) is 7.35. The van der Waals surface area contributed by atoms with Crippen molar-refractivity contribution in [1.82, 2.24) is 0 Å². The molecule has 1 aromatic rings. The van der Waals surface area contributed by atoms with E-state index in [1.54, 1.807) is 12.1 Å². The van der Waals surface area contributed by atoms with Crippen molar-refractivity contribution in [3.05, 3.63) is 28.3 Å². The Labute approximate surface area is 123 Å². The molecule has 114 valence electrons. The van der Waals surface area contributed by atoms with Crippen molar-refractivity contribution in [2.24, 2.45) is 5.92 Å². The van der Waals surface area contributed by atoms with E-state index >= 15 is 0 Å². The van der Waals surface area contributed by atoms with E-state index in [4.69, 9.17) is 4.74 Å². The van der Waals surface area contributed by atoms with Crippen molar-refractivity contribution in [3.63, 3.8) is 0 Å². The highest BCUT2D eigenvalue weighted by atomic mass is 16.6. The fraction of sp³-hybridized carbons (Fsp3) is 0.600. The highest BCUT2D eigenvalue weighted by molar-refractivity contribution is 5.71. The lowest BCUT2D eigenvalue weighted by Crippen LogP contribution is -2.42. The minimum Gasteiger partial charge on any atom is -0.489 e. The fourth-order valence-corrected chi connectivity index (χ4v) is 3.26. The Morgan fingerprint density at radius 1 is 1.43 bits per heavy atom. The zero-order chi connectivity index (χ0) is 15.0.